The minimum absolute atomic E-state index is 0.0201. The summed E-state index contributed by atoms with van der Waals surface area (Å²) in [6.07, 6.45) is -0.817. The Hall–Kier alpha value is -4.27. The molecule has 0 atom stereocenters. The van der Waals surface area contributed by atoms with E-state index < -0.39 is 22.7 Å². The first-order valence-corrected chi connectivity index (χ1v) is 9.58. The van der Waals surface area contributed by atoms with Crippen molar-refractivity contribution in [1.82, 2.24) is 4.57 Å². The molecule has 0 unspecified atom stereocenters. The Bertz CT molecular complexity index is 1330. The number of rotatable bonds is 5. The van der Waals surface area contributed by atoms with Crippen molar-refractivity contribution in [2.24, 2.45) is 0 Å². The number of halogens is 2. The zero-order valence-electron chi connectivity index (χ0n) is 16.8. The van der Waals surface area contributed by atoms with Gasteiger partial charge in [0.15, 0.2) is 0 Å². The number of benzene rings is 3. The van der Waals surface area contributed by atoms with Crippen LogP contribution in [0.3, 0.4) is 0 Å². The third-order valence-electron chi connectivity index (χ3n) is 4.90. The van der Waals surface area contributed by atoms with E-state index in [0.29, 0.717) is 16.6 Å². The lowest BCUT2D eigenvalue weighted by Gasteiger charge is -2.13. The van der Waals surface area contributed by atoms with Crippen molar-refractivity contribution >= 4 is 28.4 Å². The molecule has 0 saturated heterocycles. The monoisotopic (exact) mass is 437 g/mol. The van der Waals surface area contributed by atoms with E-state index in [0.717, 1.165) is 17.7 Å². The van der Waals surface area contributed by atoms with Crippen LogP contribution in [0, 0.1) is 28.7 Å². The quantitative estimate of drug-likeness (QED) is 0.316. The molecule has 0 saturated carbocycles. The number of non-ortho nitro benzene ring substituents is 1. The van der Waals surface area contributed by atoms with E-state index in [1.807, 2.05) is 13.0 Å². The Kier molecular flexibility index (Phi) is 5.55. The van der Waals surface area contributed by atoms with Gasteiger partial charge in [0.05, 0.1) is 17.0 Å². The largest absolute Gasteiger partial charge is 0.418 e. The van der Waals surface area contributed by atoms with Gasteiger partial charge in [-0.25, -0.2) is 13.6 Å². The third kappa shape index (κ3) is 4.27. The number of aryl methyl sites for hydroxylation is 1. The van der Waals surface area contributed by atoms with Crippen LogP contribution in [-0.4, -0.2) is 15.6 Å². The van der Waals surface area contributed by atoms with Crippen molar-refractivity contribution in [2.45, 2.75) is 13.5 Å². The molecule has 1 aromatic heterocycles. The fourth-order valence-corrected chi connectivity index (χ4v) is 3.40. The van der Waals surface area contributed by atoms with Gasteiger partial charge in [-0.2, -0.15) is 0 Å². The predicted octanol–water partition coefficient (Wildman–Crippen LogP) is 5.80. The van der Waals surface area contributed by atoms with Crippen LogP contribution in [0.5, 0.6) is 5.88 Å². The molecule has 1 amide bonds. The van der Waals surface area contributed by atoms with Gasteiger partial charge < -0.3 is 9.30 Å². The molecule has 0 aliphatic rings. The number of hydrogen-bond donors (Lipinski definition) is 1. The van der Waals surface area contributed by atoms with E-state index >= 15 is 0 Å². The summed E-state index contributed by atoms with van der Waals surface area (Å²) in [6, 6.07) is 16.0. The number of aromatic nitrogens is 1. The van der Waals surface area contributed by atoms with Gasteiger partial charge in [-0.1, -0.05) is 18.2 Å². The Morgan fingerprint density at radius 3 is 2.47 bits per heavy atom. The molecule has 162 valence electrons. The lowest BCUT2D eigenvalue weighted by Crippen LogP contribution is -2.19. The first kappa shape index (κ1) is 21.0. The van der Waals surface area contributed by atoms with Crippen LogP contribution in [0.25, 0.3) is 10.9 Å². The second-order valence-electron chi connectivity index (χ2n) is 7.15. The number of nitrogens with one attached hydrogen (secondary N) is 1. The lowest BCUT2D eigenvalue weighted by atomic mass is 10.2. The topological polar surface area (TPSA) is 86.4 Å². The Labute approximate surface area is 181 Å². The van der Waals surface area contributed by atoms with Crippen molar-refractivity contribution in [3.05, 3.63) is 99.6 Å². The molecule has 0 spiro atoms. The summed E-state index contributed by atoms with van der Waals surface area (Å²) < 4.78 is 35.3. The SMILES string of the molecule is Cc1cccc(NC(=O)Oc2cc3cc([N+](=O)[O-])ccc3n2Cc2c(F)cccc2F)c1. The number of carbonyl (C=O) groups is 1. The van der Waals surface area contributed by atoms with Gasteiger partial charge in [0.2, 0.25) is 5.88 Å². The Morgan fingerprint density at radius 1 is 1.06 bits per heavy atom. The maximum atomic E-state index is 14.3. The Balaban J connectivity index is 1.73. The molecule has 0 bridgehead atoms. The molecular weight excluding hydrogens is 420 g/mol. The first-order valence-electron chi connectivity index (χ1n) is 9.58. The Morgan fingerprint density at radius 2 is 1.78 bits per heavy atom. The van der Waals surface area contributed by atoms with Gasteiger partial charge >= 0.3 is 6.09 Å². The van der Waals surface area contributed by atoms with Crippen LogP contribution in [0.1, 0.15) is 11.1 Å². The standard InChI is InChI=1S/C23H17F2N3O4/c1-14-4-2-5-16(10-14)26-23(29)32-22-12-15-11-17(28(30)31)8-9-21(15)27(22)13-18-19(24)6-3-7-20(18)25/h2-12H,13H2,1H3,(H,26,29). The number of nitro benzene ring substituents is 1. The van der Waals surface area contributed by atoms with Crippen molar-refractivity contribution in [2.75, 3.05) is 5.32 Å². The molecule has 9 heteroatoms. The minimum Gasteiger partial charge on any atom is -0.393 e. The molecule has 1 N–H and O–H groups in total. The lowest BCUT2D eigenvalue weighted by molar-refractivity contribution is -0.384. The highest BCUT2D eigenvalue weighted by Crippen LogP contribution is 2.31. The molecule has 32 heavy (non-hydrogen) atoms. The van der Waals surface area contributed by atoms with E-state index in [9.17, 15) is 23.7 Å². The maximum absolute atomic E-state index is 14.3. The van der Waals surface area contributed by atoms with Crippen LogP contribution in [0.15, 0.2) is 66.7 Å². The van der Waals surface area contributed by atoms with E-state index in [1.165, 1.54) is 34.9 Å². The zero-order valence-corrected chi connectivity index (χ0v) is 16.8. The van der Waals surface area contributed by atoms with Crippen LogP contribution in [0.2, 0.25) is 0 Å². The molecule has 1 heterocycles. The highest BCUT2D eigenvalue weighted by molar-refractivity contribution is 5.89. The van der Waals surface area contributed by atoms with Gasteiger partial charge in [0, 0.05) is 34.8 Å². The molecule has 4 aromatic rings. The number of carbonyl (C=O) groups excluding carboxylic acids is 1. The van der Waals surface area contributed by atoms with Gasteiger partial charge in [-0.3, -0.25) is 15.4 Å². The summed E-state index contributed by atoms with van der Waals surface area (Å²) in [5, 5.41) is 14.1. The van der Waals surface area contributed by atoms with Gasteiger partial charge in [0.25, 0.3) is 5.69 Å². The molecule has 3 aromatic carbocycles. The number of fused-ring (bicyclic) bond motifs is 1. The fraction of sp³-hybridized carbons (Fsp3) is 0.0870. The highest BCUT2D eigenvalue weighted by Gasteiger charge is 2.19. The summed E-state index contributed by atoms with van der Waals surface area (Å²) in [5.74, 6) is -1.54. The van der Waals surface area contributed by atoms with E-state index in [1.54, 1.807) is 18.2 Å². The van der Waals surface area contributed by atoms with Crippen molar-refractivity contribution in [1.29, 1.82) is 0 Å². The number of anilines is 1. The molecule has 0 fully saturated rings. The van der Waals surface area contributed by atoms with E-state index in [-0.39, 0.29) is 23.7 Å². The van der Waals surface area contributed by atoms with Crippen LogP contribution in [-0.2, 0) is 6.54 Å². The number of nitro groups is 1. The number of hydrogen-bond acceptors (Lipinski definition) is 4. The number of ether oxygens (including phenoxy) is 1. The van der Waals surface area contributed by atoms with E-state index in [2.05, 4.69) is 5.32 Å². The van der Waals surface area contributed by atoms with E-state index in [4.69, 9.17) is 4.74 Å². The van der Waals surface area contributed by atoms with Crippen molar-refractivity contribution in [3.8, 4) is 5.88 Å². The van der Waals surface area contributed by atoms with Crippen LogP contribution >= 0.6 is 0 Å². The zero-order chi connectivity index (χ0) is 22.8. The number of nitrogens with zero attached hydrogens (tertiary/aromatic N) is 2. The van der Waals surface area contributed by atoms with Crippen LogP contribution in [0.4, 0.5) is 25.0 Å². The molecular formula is C23H17F2N3O4. The predicted molar refractivity (Wildman–Crippen MR) is 115 cm³/mol. The second-order valence-corrected chi connectivity index (χ2v) is 7.15. The minimum atomic E-state index is -0.817. The van der Waals surface area contributed by atoms with Gasteiger partial charge in [0.1, 0.15) is 11.6 Å². The summed E-state index contributed by atoms with van der Waals surface area (Å²) in [4.78, 5) is 23.1. The van der Waals surface area contributed by atoms with Crippen molar-refractivity contribution in [3.63, 3.8) is 0 Å². The average molecular weight is 437 g/mol. The fourth-order valence-electron chi connectivity index (χ4n) is 3.40. The average Bonchev–Trinajstić information content (AvgIpc) is 3.06. The summed E-state index contributed by atoms with van der Waals surface area (Å²) in [7, 11) is 0. The number of amides is 1. The molecule has 0 aliphatic heterocycles. The summed E-state index contributed by atoms with van der Waals surface area (Å²) >= 11 is 0. The highest BCUT2D eigenvalue weighted by atomic mass is 19.1. The van der Waals surface area contributed by atoms with Crippen molar-refractivity contribution < 1.29 is 23.2 Å². The third-order valence-corrected chi connectivity index (χ3v) is 4.90. The summed E-state index contributed by atoms with van der Waals surface area (Å²) in [6.45, 7) is 1.58. The smallest absolute Gasteiger partial charge is 0.393 e. The van der Waals surface area contributed by atoms with Gasteiger partial charge in [-0.05, 0) is 42.8 Å². The summed E-state index contributed by atoms with van der Waals surface area (Å²) in [5.41, 5.74) is 1.46. The molecule has 0 radical (unpaired) electrons. The van der Waals surface area contributed by atoms with Gasteiger partial charge in [-0.15, -0.1) is 0 Å². The second kappa shape index (κ2) is 8.46. The normalized spacial score (nSPS) is 10.8. The molecule has 4 rings (SSSR count). The molecule has 0 aliphatic carbocycles. The molecule has 7 nitrogen and oxygen atoms in total. The van der Waals surface area contributed by atoms with Crippen LogP contribution < -0.4 is 10.1 Å². The first-order chi connectivity index (χ1) is 15.3. The maximum Gasteiger partial charge on any atom is 0.418 e.